The van der Waals surface area contributed by atoms with E-state index in [1.807, 2.05) is 19.2 Å². The van der Waals surface area contributed by atoms with Crippen molar-refractivity contribution in [2.75, 3.05) is 25.5 Å². The topological polar surface area (TPSA) is 112 Å². The van der Waals surface area contributed by atoms with E-state index in [4.69, 9.17) is 9.47 Å². The maximum Gasteiger partial charge on any atom is 0.340 e. The van der Waals surface area contributed by atoms with Crippen molar-refractivity contribution in [3.63, 3.8) is 0 Å². The quantitative estimate of drug-likeness (QED) is 0.143. The molecule has 0 radical (unpaired) electrons. The monoisotopic (exact) mass is 465 g/mol. The Hall–Kier alpha value is -3.40. The molecule has 2 heterocycles. The Morgan fingerprint density at radius 3 is 2.21 bits per heavy atom. The van der Waals surface area contributed by atoms with Crippen molar-refractivity contribution in [1.82, 2.24) is 10.6 Å². The fourth-order valence-electron chi connectivity index (χ4n) is 4.34. The number of aromatic hydroxyl groups is 2. The van der Waals surface area contributed by atoms with Gasteiger partial charge in [-0.3, -0.25) is 5.32 Å². The highest BCUT2D eigenvalue weighted by molar-refractivity contribution is 7.81. The van der Waals surface area contributed by atoms with E-state index in [2.05, 4.69) is 28.6 Å². The lowest BCUT2D eigenvalue weighted by molar-refractivity contribution is 0.0224. The number of benzene rings is 3. The summed E-state index contributed by atoms with van der Waals surface area (Å²) in [5, 5.41) is 29.5. The molecular formula is C24H23N3O5S. The van der Waals surface area contributed by atoms with Crippen molar-refractivity contribution in [3.8, 4) is 23.0 Å². The van der Waals surface area contributed by atoms with Crippen LogP contribution in [-0.2, 0) is 10.3 Å². The molecule has 0 saturated carbocycles. The van der Waals surface area contributed by atoms with Crippen molar-refractivity contribution in [2.45, 2.75) is 11.1 Å². The second-order valence-corrected chi connectivity index (χ2v) is 8.42. The van der Waals surface area contributed by atoms with Crippen molar-refractivity contribution >= 4 is 24.3 Å². The molecule has 5 N–H and O–H groups in total. The van der Waals surface area contributed by atoms with Crippen LogP contribution in [0.25, 0.3) is 0 Å². The molecule has 1 unspecified atom stereocenters. The third kappa shape index (κ3) is 3.54. The predicted octanol–water partition coefficient (Wildman–Crippen LogP) is 3.10. The van der Waals surface area contributed by atoms with Crippen molar-refractivity contribution in [3.05, 3.63) is 76.9 Å². The Balaban J connectivity index is 1.60. The van der Waals surface area contributed by atoms with Gasteiger partial charge in [0, 0.05) is 47.6 Å². The number of carbonyl (C=O) groups excluding carboxylic acids is 1. The van der Waals surface area contributed by atoms with Crippen molar-refractivity contribution < 1.29 is 24.5 Å². The van der Waals surface area contributed by atoms with E-state index >= 15 is 0 Å². The number of ether oxygens (including phenoxy) is 2. The summed E-state index contributed by atoms with van der Waals surface area (Å²) in [5.74, 6) is 0.247. The molecule has 0 fully saturated rings. The average Bonchev–Trinajstić information content (AvgIpc) is 3.06. The summed E-state index contributed by atoms with van der Waals surface area (Å²) in [4.78, 5) is 13.1. The summed E-state index contributed by atoms with van der Waals surface area (Å²) in [5.41, 5.74) is 1.39. The smallest absolute Gasteiger partial charge is 0.340 e. The number of fused-ring (bicyclic) bond motifs is 6. The molecule has 2 aliphatic heterocycles. The van der Waals surface area contributed by atoms with Crippen LogP contribution in [0, 0.1) is 0 Å². The lowest BCUT2D eigenvalue weighted by Crippen LogP contribution is -2.35. The molecule has 170 valence electrons. The number of carbonyl (C=O) groups is 1. The van der Waals surface area contributed by atoms with E-state index in [1.165, 1.54) is 24.3 Å². The maximum atomic E-state index is 13.1. The van der Waals surface area contributed by atoms with Gasteiger partial charge < -0.3 is 30.3 Å². The second kappa shape index (κ2) is 8.18. The number of hydrogen-bond acceptors (Lipinski definition) is 9. The van der Waals surface area contributed by atoms with E-state index in [0.29, 0.717) is 39.4 Å². The van der Waals surface area contributed by atoms with E-state index in [1.54, 1.807) is 18.2 Å². The van der Waals surface area contributed by atoms with Crippen LogP contribution in [0.2, 0.25) is 0 Å². The number of thiol groups is 1. The zero-order valence-corrected chi connectivity index (χ0v) is 18.6. The average molecular weight is 466 g/mol. The van der Waals surface area contributed by atoms with Gasteiger partial charge in [0.2, 0.25) is 0 Å². The molecule has 0 aliphatic carbocycles. The minimum absolute atomic E-state index is 0.0159. The summed E-state index contributed by atoms with van der Waals surface area (Å²) in [6.07, 6.45) is 0. The van der Waals surface area contributed by atoms with Gasteiger partial charge in [-0.1, -0.05) is 6.07 Å². The van der Waals surface area contributed by atoms with E-state index in [0.717, 1.165) is 13.1 Å². The molecule has 0 aromatic heterocycles. The van der Waals surface area contributed by atoms with E-state index in [9.17, 15) is 15.0 Å². The van der Waals surface area contributed by atoms with Gasteiger partial charge in [-0.2, -0.15) is 0 Å². The fourth-order valence-corrected chi connectivity index (χ4v) is 4.62. The van der Waals surface area contributed by atoms with Crippen molar-refractivity contribution in [2.24, 2.45) is 0 Å². The molecule has 2 aliphatic rings. The Morgan fingerprint density at radius 1 is 0.939 bits per heavy atom. The maximum absolute atomic E-state index is 13.1. The number of nitrogens with one attached hydrogen (secondary N) is 3. The molecule has 5 rings (SSSR count). The first kappa shape index (κ1) is 21.4. The van der Waals surface area contributed by atoms with Crippen LogP contribution in [-0.4, -0.2) is 41.8 Å². The van der Waals surface area contributed by atoms with Gasteiger partial charge >= 0.3 is 5.97 Å². The summed E-state index contributed by atoms with van der Waals surface area (Å²) >= 11 is 4.50. The molecule has 1 atom stereocenters. The molecule has 1 spiro atoms. The summed E-state index contributed by atoms with van der Waals surface area (Å²) in [7, 11) is 1.87. The number of phenols is 2. The summed E-state index contributed by atoms with van der Waals surface area (Å²) in [6, 6.07) is 14.8. The molecule has 8 nitrogen and oxygen atoms in total. The Morgan fingerprint density at radius 2 is 1.58 bits per heavy atom. The molecule has 0 saturated heterocycles. The van der Waals surface area contributed by atoms with Gasteiger partial charge in [0.25, 0.3) is 0 Å². The highest BCUT2D eigenvalue weighted by Gasteiger charge is 2.53. The predicted molar refractivity (Wildman–Crippen MR) is 126 cm³/mol. The zero-order valence-electron chi connectivity index (χ0n) is 17.8. The fraction of sp³-hybridized carbons (Fsp3) is 0.208. The van der Waals surface area contributed by atoms with Crippen LogP contribution in [0.1, 0.15) is 27.0 Å². The molecule has 3 aromatic carbocycles. The first-order chi connectivity index (χ1) is 15.9. The number of phenolic OH excluding ortho intramolecular Hbond substituents is 2. The van der Waals surface area contributed by atoms with Crippen LogP contribution < -0.4 is 20.7 Å². The second-order valence-electron chi connectivity index (χ2n) is 7.90. The van der Waals surface area contributed by atoms with Gasteiger partial charge in [-0.15, -0.1) is 12.6 Å². The van der Waals surface area contributed by atoms with Crippen LogP contribution in [0.4, 0.5) is 5.69 Å². The van der Waals surface area contributed by atoms with Gasteiger partial charge in [0.15, 0.2) is 5.60 Å². The highest BCUT2D eigenvalue weighted by Crippen LogP contribution is 2.57. The van der Waals surface area contributed by atoms with E-state index in [-0.39, 0.29) is 17.0 Å². The minimum Gasteiger partial charge on any atom is -0.508 e. The zero-order chi connectivity index (χ0) is 23.2. The standard InChI is InChI=1S/C24H23N3O5S/c1-25-8-9-26-23(33)27-13-2-5-17-16(10-13)22(30)32-24(17)18-6-3-14(28)11-20(18)31-21-12-15(29)4-7-19(21)24/h2-7,10-12,23,25-29,33H,8-9H2,1H3. The Labute approximate surface area is 196 Å². The first-order valence-electron chi connectivity index (χ1n) is 10.5. The van der Waals surface area contributed by atoms with Gasteiger partial charge in [0.1, 0.15) is 28.5 Å². The summed E-state index contributed by atoms with van der Waals surface area (Å²) < 4.78 is 12.0. The van der Waals surface area contributed by atoms with Crippen LogP contribution in [0.15, 0.2) is 54.6 Å². The number of likely N-dealkylation sites (N-methyl/N-ethyl adjacent to an activating group) is 1. The first-order valence-corrected chi connectivity index (χ1v) is 11.0. The summed E-state index contributed by atoms with van der Waals surface area (Å²) in [6.45, 7) is 1.52. The normalized spacial score (nSPS) is 15.8. The van der Waals surface area contributed by atoms with Gasteiger partial charge in [-0.25, -0.2) is 4.79 Å². The van der Waals surface area contributed by atoms with Gasteiger partial charge in [0.05, 0.1) is 5.56 Å². The molecule has 0 bridgehead atoms. The largest absolute Gasteiger partial charge is 0.508 e. The Bertz CT molecular complexity index is 1200. The lowest BCUT2D eigenvalue weighted by Gasteiger charge is -2.36. The van der Waals surface area contributed by atoms with Crippen LogP contribution in [0.5, 0.6) is 23.0 Å². The Kier molecular flexibility index (Phi) is 5.32. The number of hydrogen-bond donors (Lipinski definition) is 6. The number of anilines is 1. The SMILES string of the molecule is CNCCNC(S)Nc1ccc2c(c1)C(=O)OC21c2ccc(O)cc2Oc2cc(O)ccc21. The number of esters is 1. The lowest BCUT2D eigenvalue weighted by atomic mass is 9.77. The molecule has 0 amide bonds. The number of rotatable bonds is 6. The van der Waals surface area contributed by atoms with Crippen molar-refractivity contribution in [1.29, 1.82) is 0 Å². The van der Waals surface area contributed by atoms with Crippen LogP contribution >= 0.6 is 12.6 Å². The molecule has 3 aromatic rings. The molecule has 33 heavy (non-hydrogen) atoms. The van der Waals surface area contributed by atoms with Crippen LogP contribution in [0.3, 0.4) is 0 Å². The van der Waals surface area contributed by atoms with Gasteiger partial charge in [-0.05, 0) is 43.4 Å². The van der Waals surface area contributed by atoms with E-state index < -0.39 is 11.6 Å². The molecular weight excluding hydrogens is 442 g/mol. The third-order valence-corrected chi connectivity index (χ3v) is 6.10. The highest BCUT2D eigenvalue weighted by atomic mass is 32.1. The molecule has 9 heteroatoms. The minimum atomic E-state index is -1.26. The third-order valence-electron chi connectivity index (χ3n) is 5.79.